The monoisotopic (exact) mass is 419 g/mol. The van der Waals surface area contributed by atoms with E-state index < -0.39 is 11.7 Å². The molecule has 158 valence electrons. The third-order valence-electron chi connectivity index (χ3n) is 4.41. The maximum Gasteiger partial charge on any atom is 0.265 e. The largest absolute Gasteiger partial charge is 0.386 e. The van der Waals surface area contributed by atoms with Gasteiger partial charge in [0.25, 0.3) is 11.8 Å². The minimum atomic E-state index is -0.479. The first-order valence-corrected chi connectivity index (χ1v) is 9.68. The minimum absolute atomic E-state index is 0.196. The Kier molecular flexibility index (Phi) is 7.48. The average Bonchev–Trinajstić information content (AvgIpc) is 2.77. The molecule has 0 spiro atoms. The molecule has 2 amide bonds. The molecule has 0 bridgehead atoms. The zero-order chi connectivity index (χ0) is 22.1. The number of amides is 2. The van der Waals surface area contributed by atoms with Crippen LogP contribution in [-0.4, -0.2) is 24.6 Å². The average molecular weight is 419 g/mol. The van der Waals surface area contributed by atoms with Gasteiger partial charge in [-0.3, -0.25) is 9.59 Å². The van der Waals surface area contributed by atoms with E-state index in [0.29, 0.717) is 16.8 Å². The zero-order valence-electron chi connectivity index (χ0n) is 16.9. The highest BCUT2D eigenvalue weighted by molar-refractivity contribution is 6.04. The number of hydrogen-bond acceptors (Lipinski definition) is 4. The SMILES string of the molecule is C[C@H](NC(=O)c1ccccc1NC(=O)CO/N=C\c1cccc(F)c1)c1ccccc1. The molecule has 0 unspecified atom stereocenters. The van der Waals surface area contributed by atoms with E-state index >= 15 is 0 Å². The van der Waals surface area contributed by atoms with Gasteiger partial charge in [-0.1, -0.05) is 59.8 Å². The van der Waals surface area contributed by atoms with Crippen LogP contribution < -0.4 is 10.6 Å². The summed E-state index contributed by atoms with van der Waals surface area (Å²) in [6.45, 7) is 1.53. The summed E-state index contributed by atoms with van der Waals surface area (Å²) >= 11 is 0. The molecule has 0 aliphatic carbocycles. The highest BCUT2D eigenvalue weighted by Gasteiger charge is 2.16. The van der Waals surface area contributed by atoms with Gasteiger partial charge in [0.1, 0.15) is 5.82 Å². The van der Waals surface area contributed by atoms with Crippen LogP contribution in [0.1, 0.15) is 34.5 Å². The van der Waals surface area contributed by atoms with Gasteiger partial charge >= 0.3 is 0 Å². The van der Waals surface area contributed by atoms with Gasteiger partial charge in [0, 0.05) is 0 Å². The number of carbonyl (C=O) groups excluding carboxylic acids is 2. The van der Waals surface area contributed by atoms with Crippen molar-refractivity contribution < 1.29 is 18.8 Å². The number of nitrogens with zero attached hydrogens (tertiary/aromatic N) is 1. The van der Waals surface area contributed by atoms with Crippen LogP contribution in [0.4, 0.5) is 10.1 Å². The van der Waals surface area contributed by atoms with E-state index in [-0.39, 0.29) is 18.6 Å². The standard InChI is InChI=1S/C24H22FN3O3/c1-17(19-9-3-2-4-10-19)27-24(30)21-12-5-6-13-22(21)28-23(29)16-31-26-15-18-8-7-11-20(25)14-18/h2-15,17H,16H2,1H3,(H,27,30)(H,28,29)/b26-15-/t17-/m0/s1. The molecule has 3 aromatic rings. The van der Waals surface area contributed by atoms with Crippen molar-refractivity contribution in [1.82, 2.24) is 5.32 Å². The van der Waals surface area contributed by atoms with Crippen molar-refractivity contribution >= 4 is 23.7 Å². The van der Waals surface area contributed by atoms with Crippen molar-refractivity contribution in [3.8, 4) is 0 Å². The Morgan fingerprint density at radius 3 is 2.55 bits per heavy atom. The molecule has 0 aliphatic rings. The topological polar surface area (TPSA) is 79.8 Å². The summed E-state index contributed by atoms with van der Waals surface area (Å²) < 4.78 is 13.1. The number of para-hydroxylation sites is 1. The normalized spacial score (nSPS) is 11.7. The number of hydrogen-bond donors (Lipinski definition) is 2. The van der Waals surface area contributed by atoms with Crippen LogP contribution in [0.5, 0.6) is 0 Å². The van der Waals surface area contributed by atoms with Crippen molar-refractivity contribution in [2.75, 3.05) is 11.9 Å². The van der Waals surface area contributed by atoms with Crippen molar-refractivity contribution in [2.24, 2.45) is 5.16 Å². The number of nitrogens with one attached hydrogen (secondary N) is 2. The first-order valence-electron chi connectivity index (χ1n) is 9.68. The fourth-order valence-corrected chi connectivity index (χ4v) is 2.86. The van der Waals surface area contributed by atoms with Crippen LogP contribution >= 0.6 is 0 Å². The third-order valence-corrected chi connectivity index (χ3v) is 4.41. The molecule has 2 N–H and O–H groups in total. The molecular weight excluding hydrogens is 397 g/mol. The van der Waals surface area contributed by atoms with E-state index in [9.17, 15) is 14.0 Å². The highest BCUT2D eigenvalue weighted by Crippen LogP contribution is 2.18. The predicted molar refractivity (Wildman–Crippen MR) is 117 cm³/mol. The van der Waals surface area contributed by atoms with Crippen molar-refractivity contribution in [3.05, 3.63) is 101 Å². The van der Waals surface area contributed by atoms with Gasteiger partial charge in [0.2, 0.25) is 0 Å². The molecule has 0 aromatic heterocycles. The minimum Gasteiger partial charge on any atom is -0.386 e. The molecule has 31 heavy (non-hydrogen) atoms. The molecule has 0 saturated carbocycles. The second-order valence-electron chi connectivity index (χ2n) is 6.76. The predicted octanol–water partition coefficient (Wildman–Crippen LogP) is 4.31. The number of oxime groups is 1. The Labute approximate surface area is 179 Å². The molecule has 6 nitrogen and oxygen atoms in total. The molecule has 1 atom stereocenters. The van der Waals surface area contributed by atoms with Gasteiger partial charge in [0.15, 0.2) is 6.61 Å². The van der Waals surface area contributed by atoms with E-state index in [4.69, 9.17) is 4.84 Å². The van der Waals surface area contributed by atoms with Crippen LogP contribution in [0.15, 0.2) is 84.0 Å². The number of anilines is 1. The molecule has 0 heterocycles. The first kappa shape index (κ1) is 21.7. The summed E-state index contributed by atoms with van der Waals surface area (Å²) in [5.74, 6) is -1.18. The van der Waals surface area contributed by atoms with Crippen molar-refractivity contribution in [3.63, 3.8) is 0 Å². The Bertz CT molecular complexity index is 1070. The van der Waals surface area contributed by atoms with Gasteiger partial charge in [0.05, 0.1) is 23.5 Å². The summed E-state index contributed by atoms with van der Waals surface area (Å²) in [5.41, 5.74) is 2.18. The van der Waals surface area contributed by atoms with Crippen LogP contribution in [0.25, 0.3) is 0 Å². The fourth-order valence-electron chi connectivity index (χ4n) is 2.86. The second-order valence-corrected chi connectivity index (χ2v) is 6.76. The lowest BCUT2D eigenvalue weighted by atomic mass is 10.1. The molecule has 0 fully saturated rings. The molecule has 0 radical (unpaired) electrons. The number of rotatable bonds is 8. The molecule has 0 aliphatic heterocycles. The van der Waals surface area contributed by atoms with E-state index in [1.807, 2.05) is 37.3 Å². The Morgan fingerprint density at radius 2 is 1.77 bits per heavy atom. The molecule has 0 saturated heterocycles. The summed E-state index contributed by atoms with van der Waals surface area (Å²) in [6, 6.07) is 21.9. The Hall–Kier alpha value is -4.00. The highest BCUT2D eigenvalue weighted by atomic mass is 19.1. The first-order chi connectivity index (χ1) is 15.0. The lowest BCUT2D eigenvalue weighted by Gasteiger charge is -2.16. The quantitative estimate of drug-likeness (QED) is 0.422. The maximum absolute atomic E-state index is 13.1. The summed E-state index contributed by atoms with van der Waals surface area (Å²) in [4.78, 5) is 29.9. The smallest absolute Gasteiger partial charge is 0.265 e. The maximum atomic E-state index is 13.1. The molecule has 3 aromatic carbocycles. The molecule has 7 heteroatoms. The van der Waals surface area contributed by atoms with Crippen LogP contribution in [0.2, 0.25) is 0 Å². The van der Waals surface area contributed by atoms with Crippen LogP contribution in [-0.2, 0) is 9.63 Å². The van der Waals surface area contributed by atoms with E-state index in [1.165, 1.54) is 18.3 Å². The summed E-state index contributed by atoms with van der Waals surface area (Å²) in [7, 11) is 0. The lowest BCUT2D eigenvalue weighted by Crippen LogP contribution is -2.28. The fraction of sp³-hybridized carbons (Fsp3) is 0.125. The number of benzene rings is 3. The Balaban J connectivity index is 1.57. The molecular formula is C24H22FN3O3. The van der Waals surface area contributed by atoms with E-state index in [2.05, 4.69) is 15.8 Å². The zero-order valence-corrected chi connectivity index (χ0v) is 16.9. The van der Waals surface area contributed by atoms with Crippen molar-refractivity contribution in [1.29, 1.82) is 0 Å². The van der Waals surface area contributed by atoms with E-state index in [0.717, 1.165) is 5.56 Å². The number of carbonyl (C=O) groups is 2. The van der Waals surface area contributed by atoms with Crippen LogP contribution in [0.3, 0.4) is 0 Å². The third kappa shape index (κ3) is 6.50. The van der Waals surface area contributed by atoms with Crippen LogP contribution in [0, 0.1) is 5.82 Å². The molecule has 3 rings (SSSR count). The van der Waals surface area contributed by atoms with Gasteiger partial charge in [-0.25, -0.2) is 4.39 Å². The van der Waals surface area contributed by atoms with Crippen molar-refractivity contribution in [2.45, 2.75) is 13.0 Å². The van der Waals surface area contributed by atoms with Gasteiger partial charge in [-0.05, 0) is 42.3 Å². The van der Waals surface area contributed by atoms with Gasteiger partial charge < -0.3 is 15.5 Å². The summed E-state index contributed by atoms with van der Waals surface area (Å²) in [6.07, 6.45) is 1.31. The Morgan fingerprint density at radius 1 is 1.03 bits per heavy atom. The lowest BCUT2D eigenvalue weighted by molar-refractivity contribution is -0.120. The summed E-state index contributed by atoms with van der Waals surface area (Å²) in [5, 5.41) is 9.24. The second kappa shape index (κ2) is 10.7. The van der Waals surface area contributed by atoms with E-state index in [1.54, 1.807) is 36.4 Å². The van der Waals surface area contributed by atoms with Gasteiger partial charge in [-0.15, -0.1) is 0 Å². The van der Waals surface area contributed by atoms with Gasteiger partial charge in [-0.2, -0.15) is 0 Å². The number of halogens is 1.